The summed E-state index contributed by atoms with van der Waals surface area (Å²) in [5, 5.41) is 0. The summed E-state index contributed by atoms with van der Waals surface area (Å²) in [5.74, 6) is -0.261. The van der Waals surface area contributed by atoms with Crippen LogP contribution in [0, 0.1) is 5.82 Å². The first-order valence-electron chi connectivity index (χ1n) is 4.54. The van der Waals surface area contributed by atoms with E-state index in [1.165, 1.54) is 12.1 Å². The van der Waals surface area contributed by atoms with Gasteiger partial charge in [-0.3, -0.25) is 0 Å². The molecule has 0 aliphatic carbocycles. The van der Waals surface area contributed by atoms with E-state index in [0.717, 1.165) is 5.52 Å². The maximum absolute atomic E-state index is 12.9. The molecule has 0 saturated heterocycles. The molecule has 2 aromatic rings. The number of nitrogens with zero attached hydrogens (tertiary/aromatic N) is 2. The molecule has 0 amide bonds. The van der Waals surface area contributed by atoms with Crippen LogP contribution >= 0.6 is 0 Å². The number of fused-ring (bicyclic) bond motifs is 1. The summed E-state index contributed by atoms with van der Waals surface area (Å²) in [6.07, 6.45) is 1.70. The molecule has 74 valence electrons. The molecule has 1 heterocycles. The fraction of sp³-hybridized carbons (Fsp3) is 0.300. The van der Waals surface area contributed by atoms with Crippen molar-refractivity contribution in [2.75, 3.05) is 6.54 Å². The molecule has 2 N–H and O–H groups in total. The Morgan fingerprint density at radius 3 is 3.07 bits per heavy atom. The lowest BCUT2D eigenvalue weighted by Gasteiger charge is -2.10. The van der Waals surface area contributed by atoms with Crippen LogP contribution in [0.5, 0.6) is 0 Å². The van der Waals surface area contributed by atoms with Crippen molar-refractivity contribution < 1.29 is 4.39 Å². The third-order valence-electron chi connectivity index (χ3n) is 2.35. The summed E-state index contributed by atoms with van der Waals surface area (Å²) in [5.41, 5.74) is 7.15. The highest BCUT2D eigenvalue weighted by molar-refractivity contribution is 5.75. The number of benzene rings is 1. The van der Waals surface area contributed by atoms with E-state index in [9.17, 15) is 4.39 Å². The monoisotopic (exact) mass is 193 g/mol. The molecule has 1 aromatic carbocycles. The number of imidazole rings is 1. The lowest BCUT2D eigenvalue weighted by molar-refractivity contribution is 0.572. The zero-order chi connectivity index (χ0) is 10.1. The largest absolute Gasteiger partial charge is 0.328 e. The number of nitrogens with two attached hydrogens (primary N) is 1. The van der Waals surface area contributed by atoms with Crippen molar-refractivity contribution >= 4 is 11.0 Å². The zero-order valence-electron chi connectivity index (χ0n) is 7.94. The molecular formula is C10H12FN3. The summed E-state index contributed by atoms with van der Waals surface area (Å²) < 4.78 is 14.8. The molecule has 0 aliphatic rings. The van der Waals surface area contributed by atoms with Gasteiger partial charge in [-0.2, -0.15) is 0 Å². The van der Waals surface area contributed by atoms with E-state index >= 15 is 0 Å². The molecule has 3 nitrogen and oxygen atoms in total. The summed E-state index contributed by atoms with van der Waals surface area (Å²) in [4.78, 5) is 4.12. The minimum atomic E-state index is -0.261. The highest BCUT2D eigenvalue weighted by Gasteiger charge is 2.07. The van der Waals surface area contributed by atoms with Crippen molar-refractivity contribution in [1.82, 2.24) is 9.55 Å². The number of halogens is 1. The Hall–Kier alpha value is -1.42. The Balaban J connectivity index is 2.58. The van der Waals surface area contributed by atoms with Crippen molar-refractivity contribution in [1.29, 1.82) is 0 Å². The van der Waals surface area contributed by atoms with Crippen molar-refractivity contribution in [3.05, 3.63) is 30.3 Å². The van der Waals surface area contributed by atoms with Gasteiger partial charge in [-0.05, 0) is 19.1 Å². The fourth-order valence-electron chi connectivity index (χ4n) is 1.47. The predicted molar refractivity (Wildman–Crippen MR) is 53.5 cm³/mol. The standard InChI is InChI=1S/C10H12FN3/c1-7(5-12)14-6-13-9-4-8(11)2-3-10(9)14/h2-4,6-7H,5,12H2,1H3. The Morgan fingerprint density at radius 1 is 1.57 bits per heavy atom. The zero-order valence-corrected chi connectivity index (χ0v) is 7.94. The summed E-state index contributed by atoms with van der Waals surface area (Å²) in [6, 6.07) is 4.77. The first-order valence-corrected chi connectivity index (χ1v) is 4.54. The maximum Gasteiger partial charge on any atom is 0.125 e. The Bertz CT molecular complexity index is 450. The topological polar surface area (TPSA) is 43.8 Å². The van der Waals surface area contributed by atoms with Crippen LogP contribution in [0.4, 0.5) is 4.39 Å². The molecule has 4 heteroatoms. The quantitative estimate of drug-likeness (QED) is 0.788. The van der Waals surface area contributed by atoms with Crippen molar-refractivity contribution in [2.24, 2.45) is 5.73 Å². The molecule has 0 bridgehead atoms. The van der Waals surface area contributed by atoms with Crippen molar-refractivity contribution in [3.8, 4) is 0 Å². The smallest absolute Gasteiger partial charge is 0.125 e. The summed E-state index contributed by atoms with van der Waals surface area (Å²) in [7, 11) is 0. The second-order valence-electron chi connectivity index (χ2n) is 3.37. The van der Waals surface area contributed by atoms with Gasteiger partial charge in [-0.15, -0.1) is 0 Å². The third-order valence-corrected chi connectivity index (χ3v) is 2.35. The highest BCUT2D eigenvalue weighted by Crippen LogP contribution is 2.17. The summed E-state index contributed by atoms with van der Waals surface area (Å²) >= 11 is 0. The minimum absolute atomic E-state index is 0.186. The molecule has 1 unspecified atom stereocenters. The van der Waals surface area contributed by atoms with Gasteiger partial charge in [0, 0.05) is 18.7 Å². The van der Waals surface area contributed by atoms with Gasteiger partial charge < -0.3 is 10.3 Å². The molecule has 1 atom stereocenters. The van der Waals surface area contributed by atoms with Gasteiger partial charge in [0.05, 0.1) is 17.4 Å². The average Bonchev–Trinajstić information content (AvgIpc) is 2.59. The number of hydrogen-bond acceptors (Lipinski definition) is 2. The number of hydrogen-bond donors (Lipinski definition) is 1. The van der Waals surface area contributed by atoms with Crippen LogP contribution in [0.2, 0.25) is 0 Å². The van der Waals surface area contributed by atoms with E-state index in [1.807, 2.05) is 11.5 Å². The molecule has 0 saturated carbocycles. The van der Waals surface area contributed by atoms with E-state index in [4.69, 9.17) is 5.73 Å². The number of aromatic nitrogens is 2. The van der Waals surface area contributed by atoms with Crippen LogP contribution in [-0.2, 0) is 0 Å². The van der Waals surface area contributed by atoms with Gasteiger partial charge in [-0.1, -0.05) is 0 Å². The molecule has 0 fully saturated rings. The Kier molecular flexibility index (Phi) is 2.21. The molecule has 0 aliphatic heterocycles. The Labute approximate surface area is 81.4 Å². The van der Waals surface area contributed by atoms with E-state index in [-0.39, 0.29) is 11.9 Å². The second kappa shape index (κ2) is 3.38. The normalized spacial score (nSPS) is 13.4. The van der Waals surface area contributed by atoms with Crippen LogP contribution in [0.3, 0.4) is 0 Å². The lowest BCUT2D eigenvalue weighted by atomic mass is 10.2. The SMILES string of the molecule is CC(CN)n1cnc2cc(F)ccc21. The molecular weight excluding hydrogens is 181 g/mol. The molecule has 14 heavy (non-hydrogen) atoms. The average molecular weight is 193 g/mol. The van der Waals surface area contributed by atoms with E-state index in [1.54, 1.807) is 12.4 Å². The first-order chi connectivity index (χ1) is 6.72. The second-order valence-corrected chi connectivity index (χ2v) is 3.37. The van der Waals surface area contributed by atoms with Crippen LogP contribution in [0.25, 0.3) is 11.0 Å². The van der Waals surface area contributed by atoms with Crippen molar-refractivity contribution in [3.63, 3.8) is 0 Å². The van der Waals surface area contributed by atoms with Gasteiger partial charge in [0.15, 0.2) is 0 Å². The molecule has 0 spiro atoms. The van der Waals surface area contributed by atoms with Crippen LogP contribution in [-0.4, -0.2) is 16.1 Å². The van der Waals surface area contributed by atoms with Gasteiger partial charge in [-0.25, -0.2) is 9.37 Å². The van der Waals surface area contributed by atoms with E-state index < -0.39 is 0 Å². The van der Waals surface area contributed by atoms with Gasteiger partial charge >= 0.3 is 0 Å². The fourth-order valence-corrected chi connectivity index (χ4v) is 1.47. The molecule has 0 radical (unpaired) electrons. The summed E-state index contributed by atoms with van der Waals surface area (Å²) in [6.45, 7) is 2.55. The first kappa shape index (κ1) is 9.15. The van der Waals surface area contributed by atoms with Crippen molar-refractivity contribution in [2.45, 2.75) is 13.0 Å². The molecule has 1 aromatic heterocycles. The van der Waals surface area contributed by atoms with Crippen LogP contribution < -0.4 is 5.73 Å². The number of rotatable bonds is 2. The lowest BCUT2D eigenvalue weighted by Crippen LogP contribution is -2.14. The molecule has 2 rings (SSSR count). The van der Waals surface area contributed by atoms with E-state index in [2.05, 4.69) is 4.98 Å². The van der Waals surface area contributed by atoms with Gasteiger partial charge in [0.2, 0.25) is 0 Å². The van der Waals surface area contributed by atoms with Gasteiger partial charge in [0.25, 0.3) is 0 Å². The Morgan fingerprint density at radius 2 is 2.36 bits per heavy atom. The van der Waals surface area contributed by atoms with Crippen LogP contribution in [0.1, 0.15) is 13.0 Å². The van der Waals surface area contributed by atoms with E-state index in [0.29, 0.717) is 12.1 Å². The maximum atomic E-state index is 12.9. The van der Waals surface area contributed by atoms with Gasteiger partial charge in [0.1, 0.15) is 5.82 Å². The third kappa shape index (κ3) is 1.37. The van der Waals surface area contributed by atoms with Crippen LogP contribution in [0.15, 0.2) is 24.5 Å². The highest BCUT2D eigenvalue weighted by atomic mass is 19.1. The predicted octanol–water partition coefficient (Wildman–Crippen LogP) is 1.70. The minimum Gasteiger partial charge on any atom is -0.328 e.